The first-order valence-corrected chi connectivity index (χ1v) is 7.56. The Hall–Kier alpha value is -1.50. The molecule has 2 aliphatic heterocycles. The van der Waals surface area contributed by atoms with E-state index in [0.29, 0.717) is 18.1 Å². The molecule has 2 heterocycles. The molecular formula is C15H24N2O4+2. The van der Waals surface area contributed by atoms with Crippen molar-refractivity contribution in [2.45, 2.75) is 6.10 Å². The third-order valence-electron chi connectivity index (χ3n) is 4.12. The minimum Gasteiger partial charge on any atom is -0.491 e. The van der Waals surface area contributed by atoms with E-state index in [-0.39, 0.29) is 6.79 Å². The fourth-order valence-electron chi connectivity index (χ4n) is 2.79. The van der Waals surface area contributed by atoms with Crippen LogP contribution in [0.1, 0.15) is 0 Å². The predicted octanol–water partition coefficient (Wildman–Crippen LogP) is -2.43. The SMILES string of the molecule is C[NH+]1CC[NH+](CC(O)COc2ccc3c(c2)OCO3)CC1. The summed E-state index contributed by atoms with van der Waals surface area (Å²) in [5.41, 5.74) is 0. The number of ether oxygens (including phenoxy) is 3. The van der Waals surface area contributed by atoms with Gasteiger partial charge in [0.05, 0.1) is 7.05 Å². The number of aliphatic hydroxyl groups excluding tert-OH is 1. The molecule has 21 heavy (non-hydrogen) atoms. The number of hydrogen-bond donors (Lipinski definition) is 3. The number of piperazine rings is 1. The highest BCUT2D eigenvalue weighted by molar-refractivity contribution is 5.46. The molecule has 1 atom stereocenters. The van der Waals surface area contributed by atoms with E-state index in [4.69, 9.17) is 14.2 Å². The molecular weight excluding hydrogens is 272 g/mol. The first-order chi connectivity index (χ1) is 10.2. The third kappa shape index (κ3) is 3.78. The molecule has 0 aliphatic carbocycles. The van der Waals surface area contributed by atoms with E-state index in [9.17, 15) is 5.11 Å². The van der Waals surface area contributed by atoms with E-state index in [0.717, 1.165) is 25.4 Å². The molecule has 1 aromatic rings. The molecule has 1 fully saturated rings. The number of aliphatic hydroxyl groups is 1. The van der Waals surface area contributed by atoms with Crippen LogP contribution in [0.5, 0.6) is 17.2 Å². The maximum atomic E-state index is 10.1. The standard InChI is InChI=1S/C15H22N2O4/c1-16-4-6-17(7-5-16)9-12(18)10-19-13-2-3-14-15(8-13)21-11-20-14/h2-3,8,12,18H,4-7,9-11H2,1H3/p+2. The van der Waals surface area contributed by atoms with Gasteiger partial charge in [0.1, 0.15) is 51.2 Å². The predicted molar refractivity (Wildman–Crippen MR) is 76.3 cm³/mol. The second-order valence-electron chi connectivity index (χ2n) is 5.89. The highest BCUT2D eigenvalue weighted by Crippen LogP contribution is 2.35. The Balaban J connectivity index is 1.44. The van der Waals surface area contributed by atoms with Gasteiger partial charge in [0.2, 0.25) is 6.79 Å². The topological polar surface area (TPSA) is 56.8 Å². The zero-order valence-corrected chi connectivity index (χ0v) is 12.4. The number of benzene rings is 1. The molecule has 3 rings (SSSR count). The highest BCUT2D eigenvalue weighted by Gasteiger charge is 2.23. The van der Waals surface area contributed by atoms with Gasteiger partial charge in [0.15, 0.2) is 11.5 Å². The molecule has 0 radical (unpaired) electrons. The number of hydrogen-bond acceptors (Lipinski definition) is 4. The van der Waals surface area contributed by atoms with Gasteiger partial charge in [0.25, 0.3) is 0 Å². The lowest BCUT2D eigenvalue weighted by Gasteiger charge is -2.28. The lowest BCUT2D eigenvalue weighted by molar-refractivity contribution is -1.00. The van der Waals surface area contributed by atoms with Gasteiger partial charge in [-0.05, 0) is 12.1 Å². The van der Waals surface area contributed by atoms with Crippen LogP contribution in [0, 0.1) is 0 Å². The maximum absolute atomic E-state index is 10.1. The van der Waals surface area contributed by atoms with Crippen molar-refractivity contribution in [3.63, 3.8) is 0 Å². The number of nitrogens with one attached hydrogen (secondary N) is 2. The lowest BCUT2D eigenvalue weighted by atomic mass is 10.2. The minimum atomic E-state index is -0.441. The van der Waals surface area contributed by atoms with Gasteiger partial charge in [0, 0.05) is 6.07 Å². The fraction of sp³-hybridized carbons (Fsp3) is 0.600. The smallest absolute Gasteiger partial charge is 0.231 e. The van der Waals surface area contributed by atoms with E-state index in [1.165, 1.54) is 18.0 Å². The van der Waals surface area contributed by atoms with Crippen molar-refractivity contribution in [1.29, 1.82) is 0 Å². The summed E-state index contributed by atoms with van der Waals surface area (Å²) < 4.78 is 16.2. The van der Waals surface area contributed by atoms with Crippen molar-refractivity contribution in [3.05, 3.63) is 18.2 Å². The summed E-state index contributed by atoms with van der Waals surface area (Å²) in [5, 5.41) is 10.1. The van der Waals surface area contributed by atoms with E-state index in [1.54, 1.807) is 11.0 Å². The van der Waals surface area contributed by atoms with Crippen LogP contribution in [0.25, 0.3) is 0 Å². The van der Waals surface area contributed by atoms with Crippen molar-refractivity contribution >= 4 is 0 Å². The minimum absolute atomic E-state index is 0.260. The molecule has 116 valence electrons. The van der Waals surface area contributed by atoms with Crippen molar-refractivity contribution in [2.75, 3.05) is 53.2 Å². The Morgan fingerprint density at radius 1 is 1.19 bits per heavy atom. The van der Waals surface area contributed by atoms with Crippen LogP contribution < -0.4 is 24.0 Å². The third-order valence-corrected chi connectivity index (χ3v) is 4.12. The first-order valence-electron chi connectivity index (χ1n) is 7.56. The molecule has 0 saturated carbocycles. The van der Waals surface area contributed by atoms with Crippen LogP contribution in [0.3, 0.4) is 0 Å². The normalized spacial score (nSPS) is 25.6. The summed E-state index contributed by atoms with van der Waals surface area (Å²) in [6.45, 7) is 5.90. The summed E-state index contributed by atoms with van der Waals surface area (Å²) in [6.07, 6.45) is -0.441. The summed E-state index contributed by atoms with van der Waals surface area (Å²) in [4.78, 5) is 3.03. The first kappa shape index (κ1) is 14.4. The Kier molecular flexibility index (Phi) is 4.48. The van der Waals surface area contributed by atoms with E-state index >= 15 is 0 Å². The highest BCUT2D eigenvalue weighted by atomic mass is 16.7. The molecule has 6 heteroatoms. The van der Waals surface area contributed by atoms with Crippen LogP contribution in [0.15, 0.2) is 18.2 Å². The molecule has 6 nitrogen and oxygen atoms in total. The van der Waals surface area contributed by atoms with Gasteiger partial charge in [-0.1, -0.05) is 0 Å². The molecule has 0 aromatic heterocycles. The Morgan fingerprint density at radius 2 is 1.95 bits per heavy atom. The van der Waals surface area contributed by atoms with Crippen molar-refractivity contribution in [2.24, 2.45) is 0 Å². The molecule has 1 aromatic carbocycles. The van der Waals surface area contributed by atoms with E-state index < -0.39 is 6.10 Å². The zero-order chi connectivity index (χ0) is 14.7. The molecule has 2 aliphatic rings. The summed E-state index contributed by atoms with van der Waals surface area (Å²) in [5.74, 6) is 2.15. The number of rotatable bonds is 5. The maximum Gasteiger partial charge on any atom is 0.231 e. The van der Waals surface area contributed by atoms with Gasteiger partial charge in [-0.2, -0.15) is 0 Å². The Morgan fingerprint density at radius 3 is 2.76 bits per heavy atom. The van der Waals surface area contributed by atoms with Crippen LogP contribution in [0.2, 0.25) is 0 Å². The molecule has 0 bridgehead atoms. The Bertz CT molecular complexity index is 475. The van der Waals surface area contributed by atoms with Crippen LogP contribution in [0.4, 0.5) is 0 Å². The van der Waals surface area contributed by atoms with Gasteiger partial charge >= 0.3 is 0 Å². The van der Waals surface area contributed by atoms with Crippen molar-refractivity contribution in [3.8, 4) is 17.2 Å². The second kappa shape index (κ2) is 6.51. The molecule has 3 N–H and O–H groups in total. The molecule has 0 amide bonds. The largest absolute Gasteiger partial charge is 0.491 e. The van der Waals surface area contributed by atoms with Gasteiger partial charge in [-0.25, -0.2) is 0 Å². The molecule has 0 spiro atoms. The van der Waals surface area contributed by atoms with Gasteiger partial charge < -0.3 is 29.1 Å². The van der Waals surface area contributed by atoms with Crippen LogP contribution in [-0.2, 0) is 0 Å². The second-order valence-corrected chi connectivity index (χ2v) is 5.89. The number of fused-ring (bicyclic) bond motifs is 1. The van der Waals surface area contributed by atoms with Gasteiger partial charge in [-0.3, -0.25) is 0 Å². The summed E-state index contributed by atoms with van der Waals surface area (Å²) in [6, 6.07) is 5.48. The number of quaternary nitrogens is 2. The van der Waals surface area contributed by atoms with Crippen molar-refractivity contribution in [1.82, 2.24) is 0 Å². The number of likely N-dealkylation sites (N-methyl/N-ethyl adjacent to an activating group) is 1. The van der Waals surface area contributed by atoms with Crippen LogP contribution >= 0.6 is 0 Å². The monoisotopic (exact) mass is 296 g/mol. The molecule has 1 saturated heterocycles. The average molecular weight is 296 g/mol. The molecule has 1 unspecified atom stereocenters. The summed E-state index contributed by atoms with van der Waals surface area (Å²) >= 11 is 0. The van der Waals surface area contributed by atoms with Crippen molar-refractivity contribution < 1.29 is 29.1 Å². The fourth-order valence-corrected chi connectivity index (χ4v) is 2.79. The Labute approximate surface area is 124 Å². The zero-order valence-electron chi connectivity index (χ0n) is 12.4. The average Bonchev–Trinajstić information content (AvgIpc) is 2.95. The quantitative estimate of drug-likeness (QED) is 0.565. The van der Waals surface area contributed by atoms with Crippen LogP contribution in [-0.4, -0.2) is 64.4 Å². The van der Waals surface area contributed by atoms with E-state index in [1.807, 2.05) is 12.1 Å². The van der Waals surface area contributed by atoms with Gasteiger partial charge in [-0.15, -0.1) is 0 Å². The lowest BCUT2D eigenvalue weighted by Crippen LogP contribution is -3.27. The van der Waals surface area contributed by atoms with E-state index in [2.05, 4.69) is 7.05 Å². The summed E-state index contributed by atoms with van der Waals surface area (Å²) in [7, 11) is 2.22.